The Kier molecular flexibility index (Phi) is 7.34. The topological polar surface area (TPSA) is 123 Å². The fraction of sp³-hybridized carbons (Fsp3) is 0.571. The molecule has 0 amide bonds. The molecule has 2 atom stereocenters. The Morgan fingerprint density at radius 1 is 1.29 bits per heavy atom. The van der Waals surface area contributed by atoms with E-state index in [4.69, 9.17) is 4.74 Å². The summed E-state index contributed by atoms with van der Waals surface area (Å²) >= 11 is 0.675. The summed E-state index contributed by atoms with van der Waals surface area (Å²) in [5.41, 5.74) is 0.261. The number of piperazine rings is 1. The molecule has 5 heterocycles. The summed E-state index contributed by atoms with van der Waals surface area (Å²) in [4.78, 5) is 6.18. The number of rotatable bonds is 9. The van der Waals surface area contributed by atoms with Crippen molar-refractivity contribution in [1.82, 2.24) is 29.6 Å². The van der Waals surface area contributed by atoms with E-state index < -0.39 is 39.6 Å². The Labute approximate surface area is 219 Å². The Balaban J connectivity index is 1.59. The number of anilines is 1. The number of fused-ring (bicyclic) bond motifs is 1. The van der Waals surface area contributed by atoms with Crippen LogP contribution < -0.4 is 14.9 Å². The highest BCUT2D eigenvalue weighted by Gasteiger charge is 2.38. The van der Waals surface area contributed by atoms with E-state index in [-0.39, 0.29) is 48.0 Å². The van der Waals surface area contributed by atoms with Crippen molar-refractivity contribution in [2.75, 3.05) is 37.8 Å². The normalized spacial score (nSPS) is 21.9. The van der Waals surface area contributed by atoms with Gasteiger partial charge in [0.1, 0.15) is 10.6 Å². The predicted octanol–water partition coefficient (Wildman–Crippen LogP) is 2.26. The van der Waals surface area contributed by atoms with E-state index in [0.29, 0.717) is 29.2 Å². The molecule has 0 aliphatic carbocycles. The highest BCUT2D eigenvalue weighted by molar-refractivity contribution is 7.89. The van der Waals surface area contributed by atoms with E-state index in [9.17, 15) is 26.0 Å². The van der Waals surface area contributed by atoms with Crippen molar-refractivity contribution in [3.05, 3.63) is 23.5 Å². The number of hydrogen-bond acceptors (Lipinski definition) is 10. The van der Waals surface area contributed by atoms with Gasteiger partial charge >= 0.3 is 6.61 Å². The van der Waals surface area contributed by atoms with Crippen LogP contribution in [0.4, 0.5) is 23.2 Å². The van der Waals surface area contributed by atoms with Crippen molar-refractivity contribution in [1.29, 1.82) is 0 Å². The minimum absolute atomic E-state index is 0.0995. The van der Waals surface area contributed by atoms with Gasteiger partial charge in [0, 0.05) is 31.4 Å². The predicted molar refractivity (Wildman–Crippen MR) is 129 cm³/mol. The summed E-state index contributed by atoms with van der Waals surface area (Å²) in [5, 5.41) is 10.2. The van der Waals surface area contributed by atoms with E-state index in [1.54, 1.807) is 6.92 Å². The minimum atomic E-state index is -4.06. The second kappa shape index (κ2) is 10.3. The van der Waals surface area contributed by atoms with Crippen LogP contribution in [0.2, 0.25) is 0 Å². The zero-order chi connectivity index (χ0) is 27.2. The number of alkyl halides is 4. The smallest absolute Gasteiger partial charge is 0.345 e. The van der Waals surface area contributed by atoms with Crippen molar-refractivity contribution in [3.63, 3.8) is 0 Å². The SMILES string of the molecule is C[C@H]1CN(c2cc(S(=O)(=O)NC3(C)COC3)cn3c(-c4nnc(C(F)F)s4)cnc23)C[C@H](COC(F)F)N1. The van der Waals surface area contributed by atoms with Crippen LogP contribution in [0.1, 0.15) is 25.3 Å². The molecule has 208 valence electrons. The molecule has 2 fully saturated rings. The maximum absolute atomic E-state index is 13.4. The van der Waals surface area contributed by atoms with Gasteiger partial charge in [-0.05, 0) is 19.9 Å². The van der Waals surface area contributed by atoms with E-state index in [0.717, 1.165) is 0 Å². The molecule has 17 heteroatoms. The molecule has 38 heavy (non-hydrogen) atoms. The molecule has 5 rings (SSSR count). The summed E-state index contributed by atoms with van der Waals surface area (Å²) < 4.78 is 92.3. The molecule has 0 saturated carbocycles. The average Bonchev–Trinajstić information content (AvgIpc) is 3.48. The summed E-state index contributed by atoms with van der Waals surface area (Å²) in [5.74, 6) is 0. The first kappa shape index (κ1) is 27.1. The van der Waals surface area contributed by atoms with Crippen LogP contribution in [0.25, 0.3) is 16.3 Å². The first-order valence-corrected chi connectivity index (χ1v) is 13.9. The van der Waals surface area contributed by atoms with E-state index in [1.807, 2.05) is 11.8 Å². The largest absolute Gasteiger partial charge is 0.377 e. The summed E-state index contributed by atoms with van der Waals surface area (Å²) in [6, 6.07) is 0.847. The van der Waals surface area contributed by atoms with Crippen LogP contribution in [0, 0.1) is 0 Å². The lowest BCUT2D eigenvalue weighted by Gasteiger charge is -2.39. The molecule has 0 spiro atoms. The van der Waals surface area contributed by atoms with Crippen LogP contribution in [0.15, 0.2) is 23.4 Å². The van der Waals surface area contributed by atoms with Crippen LogP contribution in [-0.2, 0) is 19.5 Å². The van der Waals surface area contributed by atoms with Gasteiger partial charge in [-0.25, -0.2) is 26.9 Å². The number of ether oxygens (including phenoxy) is 2. The molecule has 11 nitrogen and oxygen atoms in total. The number of pyridine rings is 1. The van der Waals surface area contributed by atoms with Crippen LogP contribution >= 0.6 is 11.3 Å². The van der Waals surface area contributed by atoms with Gasteiger partial charge in [0.2, 0.25) is 10.0 Å². The Bertz CT molecular complexity index is 1410. The number of imidazole rings is 1. The molecule has 0 aromatic carbocycles. The number of nitrogens with zero attached hydrogens (tertiary/aromatic N) is 5. The fourth-order valence-corrected chi connectivity index (χ4v) is 6.63. The molecule has 2 aliphatic heterocycles. The number of halogens is 4. The minimum Gasteiger partial charge on any atom is -0.377 e. The first-order chi connectivity index (χ1) is 17.9. The third-order valence-electron chi connectivity index (χ3n) is 6.16. The highest BCUT2D eigenvalue weighted by atomic mass is 32.2. The summed E-state index contributed by atoms with van der Waals surface area (Å²) in [6.07, 6.45) is -0.0576. The van der Waals surface area contributed by atoms with E-state index in [1.165, 1.54) is 22.9 Å². The Hall–Kier alpha value is -2.44. The van der Waals surface area contributed by atoms with Crippen molar-refractivity contribution in [2.24, 2.45) is 0 Å². The van der Waals surface area contributed by atoms with Gasteiger partial charge in [0.25, 0.3) is 6.43 Å². The number of hydrogen-bond donors (Lipinski definition) is 2. The quantitative estimate of drug-likeness (QED) is 0.368. The lowest BCUT2D eigenvalue weighted by molar-refractivity contribution is -0.134. The van der Waals surface area contributed by atoms with Gasteiger partial charge in [0.15, 0.2) is 15.7 Å². The van der Waals surface area contributed by atoms with Crippen LogP contribution in [-0.4, -0.2) is 85.1 Å². The molecular formula is C21H25F4N7O4S2. The zero-order valence-corrected chi connectivity index (χ0v) is 21.9. The maximum atomic E-state index is 13.4. The standard InChI is InChI=1S/C21H25F4N7O4S2/c1-11-5-31(6-12(27-11)8-36-20(24)25)14-3-13(38(33,34)30-21(2)9-35-10-21)7-32-15(4-26-17(14)32)18-28-29-19(37-18)16(22)23/h3-4,7,11-12,16,20,27,30H,5-6,8-10H2,1-2H3/t11-,12+/m0/s1. The summed E-state index contributed by atoms with van der Waals surface area (Å²) in [6.45, 7) is 1.46. The van der Waals surface area contributed by atoms with Crippen molar-refractivity contribution in [2.45, 2.75) is 49.4 Å². The van der Waals surface area contributed by atoms with Crippen LogP contribution in [0.3, 0.4) is 0 Å². The van der Waals surface area contributed by atoms with Gasteiger partial charge in [-0.2, -0.15) is 8.78 Å². The molecule has 2 aliphatic rings. The second-order valence-electron chi connectivity index (χ2n) is 9.57. The molecule has 0 radical (unpaired) electrons. The molecule has 2 saturated heterocycles. The monoisotopic (exact) mass is 579 g/mol. The molecule has 3 aromatic heterocycles. The molecule has 3 aromatic rings. The van der Waals surface area contributed by atoms with Crippen molar-refractivity contribution < 1.29 is 35.5 Å². The third kappa shape index (κ3) is 5.48. The average molecular weight is 580 g/mol. The second-order valence-corrected chi connectivity index (χ2v) is 12.3. The summed E-state index contributed by atoms with van der Waals surface area (Å²) in [7, 11) is -4.06. The van der Waals surface area contributed by atoms with Gasteiger partial charge in [-0.1, -0.05) is 11.3 Å². The van der Waals surface area contributed by atoms with E-state index in [2.05, 4.69) is 30.0 Å². The molecule has 0 bridgehead atoms. The van der Waals surface area contributed by atoms with Gasteiger partial charge in [-0.3, -0.25) is 4.40 Å². The lowest BCUT2D eigenvalue weighted by atomic mass is 10.0. The number of aromatic nitrogens is 4. The fourth-order valence-electron chi connectivity index (χ4n) is 4.52. The van der Waals surface area contributed by atoms with Gasteiger partial charge in [0.05, 0.1) is 37.2 Å². The molecule has 2 N–H and O–H groups in total. The maximum Gasteiger partial charge on any atom is 0.345 e. The number of nitrogens with one attached hydrogen (secondary N) is 2. The van der Waals surface area contributed by atoms with Crippen molar-refractivity contribution in [3.8, 4) is 10.7 Å². The first-order valence-electron chi connectivity index (χ1n) is 11.6. The Morgan fingerprint density at radius 3 is 2.68 bits per heavy atom. The van der Waals surface area contributed by atoms with E-state index >= 15 is 0 Å². The Morgan fingerprint density at radius 2 is 2.05 bits per heavy atom. The van der Waals surface area contributed by atoms with Crippen LogP contribution in [0.5, 0.6) is 0 Å². The lowest BCUT2D eigenvalue weighted by Crippen LogP contribution is -2.59. The zero-order valence-electron chi connectivity index (χ0n) is 20.3. The van der Waals surface area contributed by atoms with Crippen molar-refractivity contribution >= 4 is 32.7 Å². The third-order valence-corrected chi connectivity index (χ3v) is 8.72. The highest BCUT2D eigenvalue weighted by Crippen LogP contribution is 2.34. The number of sulfonamides is 1. The molecule has 0 unspecified atom stereocenters. The molecular weight excluding hydrogens is 554 g/mol. The van der Waals surface area contributed by atoms with Gasteiger partial charge in [-0.15, -0.1) is 10.2 Å². The van der Waals surface area contributed by atoms with Gasteiger partial charge < -0.3 is 19.7 Å².